The van der Waals surface area contributed by atoms with E-state index in [1.807, 2.05) is 21.1 Å². The van der Waals surface area contributed by atoms with Gasteiger partial charge in [0.1, 0.15) is 0 Å². The molecule has 1 unspecified atom stereocenters. The van der Waals surface area contributed by atoms with E-state index >= 15 is 0 Å². The standard InChI is InChI=1S/C37H74NO3P/c1-6-8-10-12-14-16-18-20-22-24-26-28-30-32-34(39)37(41,36(42)38(3,4)5)35(40)33-31-29-27-25-23-21-19-17-15-13-11-9-7-2/h36,41-42H,6-33H2,1-5H3. The van der Waals surface area contributed by atoms with Crippen LogP contribution in [0.5, 0.6) is 0 Å². The van der Waals surface area contributed by atoms with Crippen LogP contribution in [0.25, 0.3) is 0 Å². The smallest absolute Gasteiger partial charge is 0.204 e. The highest BCUT2D eigenvalue weighted by Gasteiger charge is 2.48. The van der Waals surface area contributed by atoms with E-state index in [0.29, 0.717) is 4.48 Å². The van der Waals surface area contributed by atoms with Crippen LogP contribution in [0.3, 0.4) is 0 Å². The van der Waals surface area contributed by atoms with E-state index in [1.54, 1.807) is 0 Å². The normalized spacial score (nSPS) is 13.0. The molecule has 0 heterocycles. The van der Waals surface area contributed by atoms with Gasteiger partial charge >= 0.3 is 0 Å². The number of ketones is 2. The van der Waals surface area contributed by atoms with Gasteiger partial charge in [-0.1, -0.05) is 168 Å². The van der Waals surface area contributed by atoms with Crippen molar-refractivity contribution in [3.05, 3.63) is 0 Å². The van der Waals surface area contributed by atoms with Gasteiger partial charge in [-0.3, -0.25) is 9.59 Å². The second-order valence-corrected chi connectivity index (χ2v) is 14.7. The Bertz CT molecular complexity index is 603. The molecule has 0 radical (unpaired) electrons. The summed E-state index contributed by atoms with van der Waals surface area (Å²) >= 11 is 0. The highest BCUT2D eigenvalue weighted by atomic mass is 31.0. The Hall–Kier alpha value is -0.310. The van der Waals surface area contributed by atoms with Crippen LogP contribution in [-0.2, 0) is 9.59 Å². The molecule has 0 aliphatic rings. The maximum absolute atomic E-state index is 13.3. The number of unbranched alkanes of at least 4 members (excludes halogenated alkanes) is 24. The van der Waals surface area contributed by atoms with Crippen molar-refractivity contribution in [2.75, 3.05) is 21.1 Å². The third-order valence-corrected chi connectivity index (χ3v) is 10.2. The first-order valence-electron chi connectivity index (χ1n) is 18.4. The highest BCUT2D eigenvalue weighted by Crippen LogP contribution is 2.30. The van der Waals surface area contributed by atoms with Gasteiger partial charge in [0, 0.05) is 18.6 Å². The second-order valence-electron chi connectivity index (χ2n) is 14.1. The summed E-state index contributed by atoms with van der Waals surface area (Å²) < 4.78 is 0.308. The van der Waals surface area contributed by atoms with Gasteiger partial charge in [0.25, 0.3) is 0 Å². The Morgan fingerprint density at radius 3 is 0.929 bits per heavy atom. The fraction of sp³-hybridized carbons (Fsp3) is 0.946. The van der Waals surface area contributed by atoms with E-state index in [2.05, 4.69) is 23.1 Å². The first kappa shape index (κ1) is 41.7. The van der Waals surface area contributed by atoms with Crippen molar-refractivity contribution in [2.24, 2.45) is 0 Å². The lowest BCUT2D eigenvalue weighted by Gasteiger charge is -2.46. The molecule has 0 spiro atoms. The molecule has 250 valence electrons. The molecular formula is C37H74NO3P. The minimum Gasteiger partial charge on any atom is -0.488 e. The van der Waals surface area contributed by atoms with Crippen molar-refractivity contribution in [1.82, 2.24) is 0 Å². The van der Waals surface area contributed by atoms with Gasteiger partial charge < -0.3 is 18.8 Å². The van der Waals surface area contributed by atoms with Crippen LogP contribution < -0.4 is 0 Å². The summed E-state index contributed by atoms with van der Waals surface area (Å²) in [6.07, 6.45) is 33.0. The molecule has 0 aromatic heterocycles. The number of carbonyl (C=O) groups excluding carboxylic acids is 2. The van der Waals surface area contributed by atoms with E-state index < -0.39 is 11.4 Å². The van der Waals surface area contributed by atoms with Crippen LogP contribution in [0.15, 0.2) is 0 Å². The summed E-state index contributed by atoms with van der Waals surface area (Å²) in [5, 5.41) is 11.6. The summed E-state index contributed by atoms with van der Waals surface area (Å²) in [5.41, 5.74) is -1.95. The lowest BCUT2D eigenvalue weighted by Crippen LogP contribution is -2.63. The first-order chi connectivity index (χ1) is 20.1. The molecule has 42 heavy (non-hydrogen) atoms. The van der Waals surface area contributed by atoms with Crippen molar-refractivity contribution in [2.45, 2.75) is 205 Å². The molecule has 0 aromatic rings. The van der Waals surface area contributed by atoms with E-state index in [1.165, 1.54) is 128 Å². The topological polar surface area (TPSA) is 54.4 Å². The van der Waals surface area contributed by atoms with Gasteiger partial charge in [0.05, 0.1) is 21.1 Å². The third kappa shape index (κ3) is 20.6. The molecule has 0 aliphatic heterocycles. The Morgan fingerprint density at radius 1 is 0.500 bits per heavy atom. The van der Waals surface area contributed by atoms with Crippen LogP contribution in [0, 0.1) is 0 Å². The SMILES string of the molecule is CCCCCCCCCCCCCCCC(=O)C(O)(C(=O)CCCCCCCCCCCCCCC)C([PH-])[N+](C)(C)C. The Kier molecular flexibility index (Phi) is 26.8. The summed E-state index contributed by atoms with van der Waals surface area (Å²) in [4.78, 5) is 26.6. The molecule has 0 bridgehead atoms. The Labute approximate surface area is 265 Å². The first-order valence-corrected chi connectivity index (χ1v) is 19.0. The minimum atomic E-state index is -1.95. The second kappa shape index (κ2) is 27.0. The average molecular weight is 612 g/mol. The van der Waals surface area contributed by atoms with Crippen LogP contribution in [0.4, 0.5) is 0 Å². The largest absolute Gasteiger partial charge is 0.488 e. The van der Waals surface area contributed by atoms with Crippen LogP contribution in [0.1, 0.15) is 194 Å². The Morgan fingerprint density at radius 2 is 0.714 bits per heavy atom. The number of carbonyl (C=O) groups is 2. The van der Waals surface area contributed by atoms with Crippen LogP contribution >= 0.6 is 9.24 Å². The van der Waals surface area contributed by atoms with Crippen molar-refractivity contribution in [3.63, 3.8) is 0 Å². The van der Waals surface area contributed by atoms with E-state index in [0.717, 1.165) is 38.5 Å². The number of hydrogen-bond donors (Lipinski definition) is 1. The maximum Gasteiger partial charge on any atom is 0.204 e. The zero-order valence-electron chi connectivity index (χ0n) is 29.1. The van der Waals surface area contributed by atoms with E-state index in [9.17, 15) is 14.7 Å². The van der Waals surface area contributed by atoms with Gasteiger partial charge in [-0.25, -0.2) is 0 Å². The molecule has 0 aromatic carbocycles. The van der Waals surface area contributed by atoms with Gasteiger partial charge in [-0.15, -0.1) is 0 Å². The molecule has 0 rings (SSSR count). The molecule has 0 saturated heterocycles. The van der Waals surface area contributed by atoms with Crippen molar-refractivity contribution >= 4 is 20.8 Å². The number of nitrogens with zero attached hydrogens (tertiary/aromatic N) is 1. The molecule has 4 nitrogen and oxygen atoms in total. The average Bonchev–Trinajstić information content (AvgIpc) is 2.96. The predicted molar refractivity (Wildman–Crippen MR) is 186 cm³/mol. The summed E-state index contributed by atoms with van der Waals surface area (Å²) in [5.74, 6) is -1.27. The highest BCUT2D eigenvalue weighted by molar-refractivity contribution is 7.17. The number of quaternary nitrogens is 1. The van der Waals surface area contributed by atoms with E-state index in [4.69, 9.17) is 0 Å². The van der Waals surface area contributed by atoms with Crippen molar-refractivity contribution in [1.29, 1.82) is 0 Å². The summed E-state index contributed by atoms with van der Waals surface area (Å²) in [7, 11) is 9.38. The lowest BCUT2D eigenvalue weighted by molar-refractivity contribution is -0.885. The Balaban J connectivity index is 4.25. The third-order valence-electron chi connectivity index (χ3n) is 9.04. The van der Waals surface area contributed by atoms with Crippen LogP contribution in [-0.4, -0.2) is 53.7 Å². The van der Waals surface area contributed by atoms with Crippen molar-refractivity contribution in [3.8, 4) is 0 Å². The monoisotopic (exact) mass is 612 g/mol. The van der Waals surface area contributed by atoms with Gasteiger partial charge in [-0.2, -0.15) is 0 Å². The quantitative estimate of drug-likeness (QED) is 0.0356. The molecule has 0 aliphatic carbocycles. The molecular weight excluding hydrogens is 537 g/mol. The number of rotatable bonds is 32. The zero-order valence-corrected chi connectivity index (χ0v) is 30.1. The van der Waals surface area contributed by atoms with Crippen LogP contribution in [0.2, 0.25) is 0 Å². The van der Waals surface area contributed by atoms with E-state index in [-0.39, 0.29) is 24.4 Å². The number of hydrogen-bond acceptors (Lipinski definition) is 3. The fourth-order valence-electron chi connectivity index (χ4n) is 6.01. The van der Waals surface area contributed by atoms with Gasteiger partial charge in [0.2, 0.25) is 5.60 Å². The van der Waals surface area contributed by atoms with Gasteiger partial charge in [-0.05, 0) is 12.8 Å². The molecule has 0 fully saturated rings. The summed E-state index contributed by atoms with van der Waals surface area (Å²) in [6.45, 7) is 4.53. The van der Waals surface area contributed by atoms with Crippen molar-refractivity contribution < 1.29 is 19.2 Å². The lowest BCUT2D eigenvalue weighted by atomic mass is 9.85. The number of Topliss-reactive ketones (excluding diaryl/α,β-unsaturated/α-hetero) is 2. The van der Waals surface area contributed by atoms with Gasteiger partial charge in [0.15, 0.2) is 11.6 Å². The predicted octanol–water partition coefficient (Wildman–Crippen LogP) is 11.0. The molecule has 0 amide bonds. The number of likely N-dealkylation sites (N-methyl/N-ethyl adjacent to an activating group) is 1. The fourth-order valence-corrected chi connectivity index (χ4v) is 6.33. The molecule has 5 heteroatoms. The molecule has 0 saturated carbocycles. The molecule has 1 atom stereocenters. The summed E-state index contributed by atoms with van der Waals surface area (Å²) in [6, 6.07) is 0. The molecule has 1 N–H and O–H groups in total. The maximum atomic E-state index is 13.3. The zero-order chi connectivity index (χ0) is 31.5. The number of aliphatic hydroxyl groups is 1. The minimum absolute atomic E-state index is 0.277.